The Morgan fingerprint density at radius 1 is 1.16 bits per heavy atom. The van der Waals surface area contributed by atoms with Gasteiger partial charge in [0.1, 0.15) is 0 Å². The maximum atomic E-state index is 5.45. The van der Waals surface area contributed by atoms with E-state index >= 15 is 0 Å². The molecule has 0 saturated heterocycles. The van der Waals surface area contributed by atoms with Crippen molar-refractivity contribution in [1.82, 2.24) is 5.32 Å². The molecular weight excluding hydrogens is 238 g/mol. The van der Waals surface area contributed by atoms with Crippen LogP contribution in [0.1, 0.15) is 36.4 Å². The van der Waals surface area contributed by atoms with Gasteiger partial charge in [0, 0.05) is 19.8 Å². The molecule has 1 aliphatic carbocycles. The van der Waals surface area contributed by atoms with Crippen molar-refractivity contribution in [3.05, 3.63) is 35.4 Å². The van der Waals surface area contributed by atoms with Gasteiger partial charge < -0.3 is 14.8 Å². The first-order valence-electron chi connectivity index (χ1n) is 7.29. The summed E-state index contributed by atoms with van der Waals surface area (Å²) in [6.07, 6.45) is 4.74. The van der Waals surface area contributed by atoms with Crippen molar-refractivity contribution < 1.29 is 9.47 Å². The Bertz CT molecular complexity index is 368. The molecule has 0 heterocycles. The molecule has 0 fully saturated rings. The Hall–Kier alpha value is -0.900. The predicted octanol–water partition coefficient (Wildman–Crippen LogP) is 2.71. The van der Waals surface area contributed by atoms with Gasteiger partial charge in [0.2, 0.25) is 0 Å². The molecule has 3 nitrogen and oxygen atoms in total. The number of benzene rings is 1. The van der Waals surface area contributed by atoms with Crippen molar-refractivity contribution in [1.29, 1.82) is 0 Å². The zero-order chi connectivity index (χ0) is 13.3. The third kappa shape index (κ3) is 4.60. The van der Waals surface area contributed by atoms with Gasteiger partial charge in [0.05, 0.1) is 13.2 Å². The van der Waals surface area contributed by atoms with Crippen LogP contribution in [-0.4, -0.2) is 33.5 Å². The van der Waals surface area contributed by atoms with Crippen LogP contribution in [0.2, 0.25) is 0 Å². The minimum Gasteiger partial charge on any atom is -0.382 e. The van der Waals surface area contributed by atoms with Crippen LogP contribution in [0.25, 0.3) is 0 Å². The van der Waals surface area contributed by atoms with E-state index in [0.29, 0.717) is 19.3 Å². The number of ether oxygens (including phenoxy) is 2. The molecule has 0 aliphatic heterocycles. The normalized spacial score (nSPS) is 17.6. The minimum atomic E-state index is 0.561. The van der Waals surface area contributed by atoms with Crippen LogP contribution in [-0.2, 0) is 15.9 Å². The van der Waals surface area contributed by atoms with Gasteiger partial charge in [-0.3, -0.25) is 0 Å². The van der Waals surface area contributed by atoms with Crippen LogP contribution in [0.5, 0.6) is 0 Å². The number of fused-ring (bicyclic) bond motifs is 1. The summed E-state index contributed by atoms with van der Waals surface area (Å²) in [6.45, 7) is 3.32. The highest BCUT2D eigenvalue weighted by Gasteiger charge is 2.20. The lowest BCUT2D eigenvalue weighted by Gasteiger charge is -2.13. The molecule has 0 bridgehead atoms. The molecule has 1 aromatic rings. The zero-order valence-electron chi connectivity index (χ0n) is 11.9. The van der Waals surface area contributed by atoms with Crippen molar-refractivity contribution in [2.75, 3.05) is 33.5 Å². The fourth-order valence-corrected chi connectivity index (χ4v) is 2.62. The fourth-order valence-electron chi connectivity index (χ4n) is 2.62. The highest BCUT2D eigenvalue weighted by molar-refractivity contribution is 5.34. The smallest absolute Gasteiger partial charge is 0.0700 e. The molecule has 3 heteroatoms. The van der Waals surface area contributed by atoms with Crippen molar-refractivity contribution in [3.8, 4) is 0 Å². The van der Waals surface area contributed by atoms with Crippen LogP contribution in [0.3, 0.4) is 0 Å². The van der Waals surface area contributed by atoms with Gasteiger partial charge >= 0.3 is 0 Å². The average Bonchev–Trinajstić information content (AvgIpc) is 2.85. The summed E-state index contributed by atoms with van der Waals surface area (Å²) in [7, 11) is 1.70. The topological polar surface area (TPSA) is 30.5 Å². The molecular formula is C16H25NO2. The molecule has 2 rings (SSSR count). The van der Waals surface area contributed by atoms with E-state index in [9.17, 15) is 0 Å². The third-order valence-electron chi connectivity index (χ3n) is 3.67. The van der Waals surface area contributed by atoms with E-state index in [0.717, 1.165) is 19.6 Å². The standard InChI is InChI=1S/C16H25NO2/c1-18-12-13-19-11-5-4-10-17-16-9-8-14-6-2-3-7-15(14)16/h2-3,6-7,16-17H,4-5,8-13H2,1H3. The molecule has 0 aromatic heterocycles. The van der Waals surface area contributed by atoms with Gasteiger partial charge in [-0.15, -0.1) is 0 Å². The van der Waals surface area contributed by atoms with Crippen molar-refractivity contribution >= 4 is 0 Å². The number of hydrogen-bond acceptors (Lipinski definition) is 3. The van der Waals surface area contributed by atoms with E-state index in [1.807, 2.05) is 0 Å². The monoisotopic (exact) mass is 263 g/mol. The second kappa shape index (κ2) is 8.31. The highest BCUT2D eigenvalue weighted by atomic mass is 16.5. The van der Waals surface area contributed by atoms with Gasteiger partial charge in [-0.05, 0) is 43.4 Å². The van der Waals surface area contributed by atoms with E-state index in [2.05, 4.69) is 29.6 Å². The Kier molecular flexibility index (Phi) is 6.34. The molecule has 0 spiro atoms. The molecule has 19 heavy (non-hydrogen) atoms. The van der Waals surface area contributed by atoms with Crippen molar-refractivity contribution in [3.63, 3.8) is 0 Å². The molecule has 1 atom stereocenters. The lowest BCUT2D eigenvalue weighted by Crippen LogP contribution is -2.20. The van der Waals surface area contributed by atoms with Crippen LogP contribution >= 0.6 is 0 Å². The lowest BCUT2D eigenvalue weighted by molar-refractivity contribution is 0.0687. The number of aryl methyl sites for hydroxylation is 1. The van der Waals surface area contributed by atoms with Gasteiger partial charge in [0.25, 0.3) is 0 Å². The maximum absolute atomic E-state index is 5.45. The SMILES string of the molecule is COCCOCCCCNC1CCc2ccccc21. The van der Waals surface area contributed by atoms with Crippen LogP contribution in [0.4, 0.5) is 0 Å². The first-order chi connectivity index (χ1) is 9.42. The first-order valence-corrected chi connectivity index (χ1v) is 7.29. The summed E-state index contributed by atoms with van der Waals surface area (Å²) >= 11 is 0. The van der Waals surface area contributed by atoms with Gasteiger partial charge in [-0.1, -0.05) is 24.3 Å². The summed E-state index contributed by atoms with van der Waals surface area (Å²) in [5, 5.41) is 3.66. The van der Waals surface area contributed by atoms with E-state index in [1.54, 1.807) is 7.11 Å². The molecule has 1 unspecified atom stereocenters. The van der Waals surface area contributed by atoms with E-state index in [4.69, 9.17) is 9.47 Å². The quantitative estimate of drug-likeness (QED) is 0.695. The minimum absolute atomic E-state index is 0.561. The van der Waals surface area contributed by atoms with Gasteiger partial charge in [-0.2, -0.15) is 0 Å². The molecule has 1 N–H and O–H groups in total. The number of unbranched alkanes of at least 4 members (excludes halogenated alkanes) is 1. The summed E-state index contributed by atoms with van der Waals surface area (Å²) in [6, 6.07) is 9.35. The van der Waals surface area contributed by atoms with E-state index in [1.165, 1.54) is 30.4 Å². The Labute approximate surface area is 116 Å². The van der Waals surface area contributed by atoms with E-state index < -0.39 is 0 Å². The lowest BCUT2D eigenvalue weighted by atomic mass is 10.1. The van der Waals surface area contributed by atoms with Crippen LogP contribution in [0.15, 0.2) is 24.3 Å². The summed E-state index contributed by atoms with van der Waals surface area (Å²) in [5.74, 6) is 0. The molecule has 1 aliphatic rings. The second-order valence-corrected chi connectivity index (χ2v) is 5.06. The third-order valence-corrected chi connectivity index (χ3v) is 3.67. The fraction of sp³-hybridized carbons (Fsp3) is 0.625. The maximum Gasteiger partial charge on any atom is 0.0700 e. The highest BCUT2D eigenvalue weighted by Crippen LogP contribution is 2.30. The number of hydrogen-bond donors (Lipinski definition) is 1. The summed E-state index contributed by atoms with van der Waals surface area (Å²) in [4.78, 5) is 0. The van der Waals surface area contributed by atoms with E-state index in [-0.39, 0.29) is 0 Å². The van der Waals surface area contributed by atoms with Crippen molar-refractivity contribution in [2.45, 2.75) is 31.7 Å². The van der Waals surface area contributed by atoms with Crippen molar-refractivity contribution in [2.24, 2.45) is 0 Å². The molecule has 0 radical (unpaired) electrons. The molecule has 0 amide bonds. The Morgan fingerprint density at radius 3 is 2.95 bits per heavy atom. The Morgan fingerprint density at radius 2 is 2.05 bits per heavy atom. The van der Waals surface area contributed by atoms with Crippen LogP contribution < -0.4 is 5.32 Å². The zero-order valence-corrected chi connectivity index (χ0v) is 11.9. The first kappa shape index (κ1) is 14.5. The second-order valence-electron chi connectivity index (χ2n) is 5.06. The number of methoxy groups -OCH3 is 1. The molecule has 1 aromatic carbocycles. The molecule has 106 valence electrons. The van der Waals surface area contributed by atoms with Gasteiger partial charge in [0.15, 0.2) is 0 Å². The summed E-state index contributed by atoms with van der Waals surface area (Å²) < 4.78 is 10.4. The largest absolute Gasteiger partial charge is 0.382 e. The average molecular weight is 263 g/mol. The predicted molar refractivity (Wildman–Crippen MR) is 77.4 cm³/mol. The van der Waals surface area contributed by atoms with Gasteiger partial charge in [-0.25, -0.2) is 0 Å². The Balaban J connectivity index is 1.55. The number of nitrogens with one attached hydrogen (secondary N) is 1. The van der Waals surface area contributed by atoms with Crippen LogP contribution in [0, 0.1) is 0 Å². The molecule has 0 saturated carbocycles. The number of rotatable bonds is 9. The summed E-state index contributed by atoms with van der Waals surface area (Å²) in [5.41, 5.74) is 3.02.